The number of ether oxygens (including phenoxy) is 1. The Morgan fingerprint density at radius 1 is 1.32 bits per heavy atom. The Morgan fingerprint density at radius 3 is 2.79 bits per heavy atom. The van der Waals surface area contributed by atoms with Gasteiger partial charge in [0.1, 0.15) is 5.82 Å². The normalized spacial score (nSPS) is 17.9. The zero-order valence-electron chi connectivity index (χ0n) is 14.8. The smallest absolute Gasteiger partial charge is 0.240 e. The molecule has 0 aliphatic carbocycles. The van der Waals surface area contributed by atoms with Gasteiger partial charge in [0.2, 0.25) is 5.91 Å². The van der Waals surface area contributed by atoms with Crippen molar-refractivity contribution in [1.29, 1.82) is 0 Å². The number of Topliss-reactive ketones (excluding diaryl/α,β-unsaturated/α-hetero) is 1. The predicted molar refractivity (Wildman–Crippen MR) is 105 cm³/mol. The second-order valence-corrected chi connectivity index (χ2v) is 7.00. The topological polar surface area (TPSA) is 100 Å². The van der Waals surface area contributed by atoms with Crippen LogP contribution in [0.4, 0.5) is 4.39 Å². The molecule has 2 aromatic carbocycles. The maximum atomic E-state index is 12.9. The number of nitrogens with one attached hydrogen (secondary N) is 1. The summed E-state index contributed by atoms with van der Waals surface area (Å²) in [6, 6.07) is 9.87. The van der Waals surface area contributed by atoms with Crippen molar-refractivity contribution in [2.24, 2.45) is 10.2 Å². The number of nitrogens with zero attached hydrogens (tertiary/aromatic N) is 2. The number of carbonyl (C=O) groups excluding carboxylic acids is 2. The number of methoxy groups -OCH3 is 1. The first-order chi connectivity index (χ1) is 13.5. The van der Waals surface area contributed by atoms with E-state index in [9.17, 15) is 19.1 Å². The first-order valence-electron chi connectivity index (χ1n) is 8.20. The van der Waals surface area contributed by atoms with Gasteiger partial charge in [-0.2, -0.15) is 5.10 Å². The quantitative estimate of drug-likeness (QED) is 0.440. The fourth-order valence-corrected chi connectivity index (χ4v) is 3.36. The maximum Gasteiger partial charge on any atom is 0.240 e. The molecule has 144 valence electrons. The molecule has 9 heteroatoms. The number of halogens is 1. The zero-order chi connectivity index (χ0) is 20.1. The van der Waals surface area contributed by atoms with Crippen LogP contribution in [0.25, 0.3) is 0 Å². The molecule has 3 rings (SSSR count). The molecule has 0 saturated carbocycles. The number of rotatable bonds is 6. The third-order valence-corrected chi connectivity index (χ3v) is 4.94. The minimum absolute atomic E-state index is 0.0123. The summed E-state index contributed by atoms with van der Waals surface area (Å²) in [5.41, 5.74) is 0.996. The number of hydrogen-bond donors (Lipinski definition) is 2. The van der Waals surface area contributed by atoms with Gasteiger partial charge in [-0.05, 0) is 48.0 Å². The van der Waals surface area contributed by atoms with Gasteiger partial charge in [0.15, 0.2) is 22.4 Å². The molecule has 28 heavy (non-hydrogen) atoms. The van der Waals surface area contributed by atoms with Crippen LogP contribution in [-0.2, 0) is 4.79 Å². The summed E-state index contributed by atoms with van der Waals surface area (Å²) in [5, 5.41) is 19.6. The Balaban J connectivity index is 1.62. The lowest BCUT2D eigenvalue weighted by molar-refractivity contribution is -0.118. The Kier molecular flexibility index (Phi) is 6.05. The van der Waals surface area contributed by atoms with E-state index in [4.69, 9.17) is 4.74 Å². The van der Waals surface area contributed by atoms with Crippen LogP contribution in [0.3, 0.4) is 0 Å². The molecule has 1 saturated heterocycles. The van der Waals surface area contributed by atoms with Gasteiger partial charge < -0.3 is 15.2 Å². The van der Waals surface area contributed by atoms with E-state index in [1.807, 2.05) is 0 Å². The molecule has 0 radical (unpaired) electrons. The molecule has 0 aromatic heterocycles. The number of phenolic OH excluding ortho intramolecular Hbond substituents is 1. The molecule has 0 bridgehead atoms. The van der Waals surface area contributed by atoms with E-state index in [2.05, 4.69) is 15.5 Å². The van der Waals surface area contributed by atoms with E-state index >= 15 is 0 Å². The van der Waals surface area contributed by atoms with Gasteiger partial charge in [0.25, 0.3) is 0 Å². The minimum atomic E-state index is -0.625. The Bertz CT molecular complexity index is 960. The van der Waals surface area contributed by atoms with Crippen molar-refractivity contribution in [3.05, 3.63) is 59.4 Å². The molecule has 7 nitrogen and oxygen atoms in total. The second-order valence-electron chi connectivity index (χ2n) is 5.81. The van der Waals surface area contributed by atoms with E-state index in [-0.39, 0.29) is 29.0 Å². The van der Waals surface area contributed by atoms with Crippen LogP contribution in [-0.4, -0.2) is 40.5 Å². The molecule has 2 N–H and O–H groups in total. The summed E-state index contributed by atoms with van der Waals surface area (Å²) in [7, 11) is 1.44. The van der Waals surface area contributed by atoms with Crippen molar-refractivity contribution in [2.45, 2.75) is 11.7 Å². The van der Waals surface area contributed by atoms with Crippen LogP contribution in [0.15, 0.2) is 52.7 Å². The van der Waals surface area contributed by atoms with Gasteiger partial charge in [-0.15, -0.1) is 5.10 Å². The van der Waals surface area contributed by atoms with E-state index in [0.29, 0.717) is 16.9 Å². The number of phenols is 1. The summed E-state index contributed by atoms with van der Waals surface area (Å²) in [6.45, 7) is 0. The number of ketones is 1. The summed E-state index contributed by atoms with van der Waals surface area (Å²) in [4.78, 5) is 24.3. The molecular weight excluding hydrogens is 385 g/mol. The second kappa shape index (κ2) is 8.66. The average Bonchev–Trinajstić information content (AvgIpc) is 3.02. The van der Waals surface area contributed by atoms with Gasteiger partial charge in [0.05, 0.1) is 18.6 Å². The van der Waals surface area contributed by atoms with Crippen molar-refractivity contribution in [1.82, 2.24) is 5.32 Å². The lowest BCUT2D eigenvalue weighted by atomic mass is 10.1. The fourth-order valence-electron chi connectivity index (χ4n) is 2.43. The predicted octanol–water partition coefficient (Wildman–Crippen LogP) is 2.73. The highest BCUT2D eigenvalue weighted by molar-refractivity contribution is 8.15. The SMILES string of the molecule is COc1cc(/C=N/N=C2\NC(=O)C(CC(=O)c3ccc(F)cc3)S2)ccc1O. The molecule has 1 atom stereocenters. The third-order valence-electron chi connectivity index (χ3n) is 3.87. The third kappa shape index (κ3) is 4.74. The van der Waals surface area contributed by atoms with Gasteiger partial charge in [-0.25, -0.2) is 4.39 Å². The number of carbonyl (C=O) groups is 2. The molecule has 1 aliphatic rings. The van der Waals surface area contributed by atoms with Gasteiger partial charge in [0, 0.05) is 12.0 Å². The van der Waals surface area contributed by atoms with Gasteiger partial charge >= 0.3 is 0 Å². The summed E-state index contributed by atoms with van der Waals surface area (Å²) in [6.07, 6.45) is 1.42. The van der Waals surface area contributed by atoms with Gasteiger partial charge in [-0.3, -0.25) is 9.59 Å². The van der Waals surface area contributed by atoms with Crippen LogP contribution in [0.5, 0.6) is 11.5 Å². The van der Waals surface area contributed by atoms with Crippen LogP contribution in [0.1, 0.15) is 22.3 Å². The highest BCUT2D eigenvalue weighted by Gasteiger charge is 2.32. The first-order valence-corrected chi connectivity index (χ1v) is 9.08. The zero-order valence-corrected chi connectivity index (χ0v) is 15.6. The minimum Gasteiger partial charge on any atom is -0.504 e. The van der Waals surface area contributed by atoms with Crippen molar-refractivity contribution in [3.8, 4) is 11.5 Å². The lowest BCUT2D eigenvalue weighted by Crippen LogP contribution is -2.26. The van der Waals surface area contributed by atoms with Crippen LogP contribution in [0, 0.1) is 5.82 Å². The summed E-state index contributed by atoms with van der Waals surface area (Å²) in [5.74, 6) is -0.699. The van der Waals surface area contributed by atoms with Crippen molar-refractivity contribution < 1.29 is 23.8 Å². The monoisotopic (exact) mass is 401 g/mol. The van der Waals surface area contributed by atoms with Crippen molar-refractivity contribution in [3.63, 3.8) is 0 Å². The molecule has 1 fully saturated rings. The molecule has 2 aromatic rings. The summed E-state index contributed by atoms with van der Waals surface area (Å²) >= 11 is 1.11. The highest BCUT2D eigenvalue weighted by atomic mass is 32.2. The molecular formula is C19H16FN3O4S. The number of thioether (sulfide) groups is 1. The molecule has 1 amide bonds. The maximum absolute atomic E-state index is 12.9. The number of hydrogen-bond acceptors (Lipinski definition) is 7. The van der Waals surface area contributed by atoms with Crippen LogP contribution < -0.4 is 10.1 Å². The average molecular weight is 401 g/mol. The Hall–Kier alpha value is -3.20. The molecule has 0 spiro atoms. The first kappa shape index (κ1) is 19.6. The Labute approximate surface area is 164 Å². The van der Waals surface area contributed by atoms with E-state index in [1.54, 1.807) is 12.1 Å². The van der Waals surface area contributed by atoms with Crippen molar-refractivity contribution in [2.75, 3.05) is 7.11 Å². The fraction of sp³-hybridized carbons (Fsp3) is 0.158. The molecule has 1 unspecified atom stereocenters. The van der Waals surface area contributed by atoms with Crippen LogP contribution in [0.2, 0.25) is 0 Å². The number of aromatic hydroxyl groups is 1. The Morgan fingerprint density at radius 2 is 2.07 bits per heavy atom. The van der Waals surface area contributed by atoms with Crippen molar-refractivity contribution >= 4 is 34.8 Å². The summed E-state index contributed by atoms with van der Waals surface area (Å²) < 4.78 is 18.0. The number of benzene rings is 2. The largest absolute Gasteiger partial charge is 0.504 e. The van der Waals surface area contributed by atoms with Gasteiger partial charge in [-0.1, -0.05) is 11.8 Å². The standard InChI is InChI=1S/C19H16FN3O4S/c1-27-16-8-11(2-7-14(16)24)10-21-23-19-22-18(26)17(28-19)9-15(25)12-3-5-13(20)6-4-12/h2-8,10,17,24H,9H2,1H3,(H,22,23,26)/b21-10+. The number of amidine groups is 1. The molecule has 1 heterocycles. The highest BCUT2D eigenvalue weighted by Crippen LogP contribution is 2.26. The van der Waals surface area contributed by atoms with E-state index in [0.717, 1.165) is 11.8 Å². The van der Waals surface area contributed by atoms with E-state index < -0.39 is 11.1 Å². The molecule has 1 aliphatic heterocycles. The lowest BCUT2D eigenvalue weighted by Gasteiger charge is -2.04. The number of amides is 1. The van der Waals surface area contributed by atoms with E-state index in [1.165, 1.54) is 43.7 Å². The van der Waals surface area contributed by atoms with Crippen LogP contribution >= 0.6 is 11.8 Å².